The van der Waals surface area contributed by atoms with E-state index in [2.05, 4.69) is 32.5 Å². The SMILES string of the molecule is O=[N+]([O-])c1cccnc1N/N=C\c1ccc(N2CCCC2)cc1. The molecule has 3 rings (SSSR count). The fourth-order valence-electron chi connectivity index (χ4n) is 2.54. The number of nitrogens with zero attached hydrogens (tertiary/aromatic N) is 4. The average molecular weight is 311 g/mol. The third-order valence-corrected chi connectivity index (χ3v) is 3.73. The van der Waals surface area contributed by atoms with E-state index in [-0.39, 0.29) is 11.5 Å². The third-order valence-electron chi connectivity index (χ3n) is 3.73. The maximum atomic E-state index is 10.9. The second-order valence-corrected chi connectivity index (χ2v) is 5.28. The first-order valence-corrected chi connectivity index (χ1v) is 7.47. The molecule has 23 heavy (non-hydrogen) atoms. The molecule has 0 saturated carbocycles. The number of nitro groups is 1. The lowest BCUT2D eigenvalue weighted by molar-refractivity contribution is -0.384. The number of benzene rings is 1. The monoisotopic (exact) mass is 311 g/mol. The molecule has 0 atom stereocenters. The molecule has 1 saturated heterocycles. The molecule has 1 aromatic heterocycles. The predicted octanol–water partition coefficient (Wildman–Crippen LogP) is 3.04. The quantitative estimate of drug-likeness (QED) is 0.521. The fraction of sp³-hybridized carbons (Fsp3) is 0.250. The fourth-order valence-corrected chi connectivity index (χ4v) is 2.54. The van der Waals surface area contributed by atoms with Crippen LogP contribution in [-0.2, 0) is 0 Å². The highest BCUT2D eigenvalue weighted by molar-refractivity contribution is 5.81. The van der Waals surface area contributed by atoms with Crippen LogP contribution in [0.1, 0.15) is 18.4 Å². The summed E-state index contributed by atoms with van der Waals surface area (Å²) in [6.45, 7) is 2.22. The number of pyridine rings is 1. The highest BCUT2D eigenvalue weighted by Gasteiger charge is 2.13. The van der Waals surface area contributed by atoms with E-state index >= 15 is 0 Å². The average Bonchev–Trinajstić information content (AvgIpc) is 3.10. The molecule has 0 amide bonds. The number of anilines is 2. The van der Waals surface area contributed by atoms with Gasteiger partial charge in [0.2, 0.25) is 5.82 Å². The highest BCUT2D eigenvalue weighted by atomic mass is 16.6. The van der Waals surface area contributed by atoms with E-state index in [0.717, 1.165) is 18.7 Å². The molecule has 7 heteroatoms. The topological polar surface area (TPSA) is 83.7 Å². The summed E-state index contributed by atoms with van der Waals surface area (Å²) in [5.74, 6) is 0.127. The van der Waals surface area contributed by atoms with Crippen LogP contribution in [0.4, 0.5) is 17.2 Å². The molecule has 1 aliphatic rings. The number of hydrogen-bond donors (Lipinski definition) is 1. The van der Waals surface area contributed by atoms with Crippen LogP contribution >= 0.6 is 0 Å². The van der Waals surface area contributed by atoms with Gasteiger partial charge < -0.3 is 4.90 Å². The van der Waals surface area contributed by atoms with Crippen LogP contribution in [-0.4, -0.2) is 29.2 Å². The van der Waals surface area contributed by atoms with E-state index in [9.17, 15) is 10.1 Å². The van der Waals surface area contributed by atoms with Gasteiger partial charge in [-0.2, -0.15) is 5.10 Å². The summed E-state index contributed by atoms with van der Waals surface area (Å²) in [5.41, 5.74) is 4.65. The molecule has 2 heterocycles. The number of aromatic nitrogens is 1. The molecule has 1 aromatic carbocycles. The Kier molecular flexibility index (Phi) is 4.46. The molecular weight excluding hydrogens is 294 g/mol. The van der Waals surface area contributed by atoms with Crippen LogP contribution in [0.5, 0.6) is 0 Å². The highest BCUT2D eigenvalue weighted by Crippen LogP contribution is 2.21. The maximum Gasteiger partial charge on any atom is 0.313 e. The molecule has 2 aromatic rings. The summed E-state index contributed by atoms with van der Waals surface area (Å²) in [6.07, 6.45) is 5.59. The first kappa shape index (κ1) is 15.0. The Hall–Kier alpha value is -2.96. The maximum absolute atomic E-state index is 10.9. The molecule has 1 N–H and O–H groups in total. The van der Waals surface area contributed by atoms with Crippen molar-refractivity contribution in [1.82, 2.24) is 4.98 Å². The van der Waals surface area contributed by atoms with E-state index in [1.165, 1.54) is 36.9 Å². The summed E-state index contributed by atoms with van der Waals surface area (Å²) >= 11 is 0. The lowest BCUT2D eigenvalue weighted by Crippen LogP contribution is -2.17. The number of rotatable bonds is 5. The molecule has 7 nitrogen and oxygen atoms in total. The van der Waals surface area contributed by atoms with Crippen LogP contribution < -0.4 is 10.3 Å². The zero-order chi connectivity index (χ0) is 16.1. The molecule has 0 bridgehead atoms. The largest absolute Gasteiger partial charge is 0.372 e. The third kappa shape index (κ3) is 3.63. The first-order chi connectivity index (χ1) is 11.2. The standard InChI is InChI=1S/C16H17N5O2/c22-21(23)15-4-3-9-17-16(15)19-18-12-13-5-7-14(8-6-13)20-10-1-2-11-20/h3-9,12H,1-2,10-11H2,(H,17,19)/b18-12-. The summed E-state index contributed by atoms with van der Waals surface area (Å²) in [6, 6.07) is 11.0. The molecule has 0 unspecified atom stereocenters. The Balaban J connectivity index is 1.65. The smallest absolute Gasteiger partial charge is 0.313 e. The van der Waals surface area contributed by atoms with Crippen molar-refractivity contribution in [2.75, 3.05) is 23.4 Å². The minimum Gasteiger partial charge on any atom is -0.372 e. The molecule has 0 radical (unpaired) electrons. The zero-order valence-corrected chi connectivity index (χ0v) is 12.6. The van der Waals surface area contributed by atoms with Gasteiger partial charge in [-0.3, -0.25) is 15.5 Å². The predicted molar refractivity (Wildman–Crippen MR) is 90.0 cm³/mol. The van der Waals surface area contributed by atoms with Crippen LogP contribution in [0.2, 0.25) is 0 Å². The van der Waals surface area contributed by atoms with E-state index < -0.39 is 4.92 Å². The normalized spacial score (nSPS) is 14.3. The van der Waals surface area contributed by atoms with Crippen molar-refractivity contribution in [3.05, 3.63) is 58.3 Å². The number of nitrogens with one attached hydrogen (secondary N) is 1. The molecule has 1 aliphatic heterocycles. The molecular formula is C16H17N5O2. The van der Waals surface area contributed by atoms with Gasteiger partial charge in [0.25, 0.3) is 0 Å². The lowest BCUT2D eigenvalue weighted by Gasteiger charge is -2.17. The van der Waals surface area contributed by atoms with Gasteiger partial charge in [-0.15, -0.1) is 0 Å². The van der Waals surface area contributed by atoms with Crippen molar-refractivity contribution in [2.24, 2.45) is 5.10 Å². The summed E-state index contributed by atoms with van der Waals surface area (Å²) < 4.78 is 0. The molecule has 1 fully saturated rings. The number of hydrogen-bond acceptors (Lipinski definition) is 6. The van der Waals surface area contributed by atoms with Crippen molar-refractivity contribution < 1.29 is 4.92 Å². The van der Waals surface area contributed by atoms with Crippen molar-refractivity contribution in [3.8, 4) is 0 Å². The van der Waals surface area contributed by atoms with E-state index in [0.29, 0.717) is 0 Å². The van der Waals surface area contributed by atoms with Crippen LogP contribution in [0.25, 0.3) is 0 Å². The van der Waals surface area contributed by atoms with Gasteiger partial charge in [0.05, 0.1) is 11.1 Å². The van der Waals surface area contributed by atoms with Crippen LogP contribution in [0, 0.1) is 10.1 Å². The van der Waals surface area contributed by atoms with Gasteiger partial charge >= 0.3 is 5.69 Å². The van der Waals surface area contributed by atoms with E-state index in [1.54, 1.807) is 6.21 Å². The van der Waals surface area contributed by atoms with Crippen molar-refractivity contribution in [3.63, 3.8) is 0 Å². The van der Waals surface area contributed by atoms with E-state index in [4.69, 9.17) is 0 Å². The number of hydrazone groups is 1. The lowest BCUT2D eigenvalue weighted by atomic mass is 10.2. The second-order valence-electron chi connectivity index (χ2n) is 5.28. The Morgan fingerprint density at radius 3 is 2.65 bits per heavy atom. The van der Waals surface area contributed by atoms with Crippen molar-refractivity contribution in [2.45, 2.75) is 12.8 Å². The summed E-state index contributed by atoms with van der Waals surface area (Å²) in [5, 5.41) is 14.9. The van der Waals surface area contributed by atoms with Gasteiger partial charge in [-0.25, -0.2) is 4.98 Å². The minimum absolute atomic E-state index is 0.103. The Morgan fingerprint density at radius 2 is 1.96 bits per heavy atom. The van der Waals surface area contributed by atoms with Gasteiger partial charge in [0.1, 0.15) is 0 Å². The molecule has 0 aliphatic carbocycles. The minimum atomic E-state index is -0.490. The van der Waals surface area contributed by atoms with Crippen LogP contribution in [0.15, 0.2) is 47.7 Å². The Labute approximate surface area is 133 Å². The zero-order valence-electron chi connectivity index (χ0n) is 12.6. The molecule has 118 valence electrons. The Bertz CT molecular complexity index is 709. The van der Waals surface area contributed by atoms with Crippen LogP contribution in [0.3, 0.4) is 0 Å². The van der Waals surface area contributed by atoms with Crippen molar-refractivity contribution in [1.29, 1.82) is 0 Å². The van der Waals surface area contributed by atoms with Gasteiger partial charge in [0.15, 0.2) is 0 Å². The van der Waals surface area contributed by atoms with Gasteiger partial charge in [-0.1, -0.05) is 12.1 Å². The van der Waals surface area contributed by atoms with E-state index in [1.807, 2.05) is 12.1 Å². The van der Waals surface area contributed by atoms with Crippen molar-refractivity contribution >= 4 is 23.4 Å². The van der Waals surface area contributed by atoms with Gasteiger partial charge in [0, 0.05) is 31.0 Å². The summed E-state index contributed by atoms with van der Waals surface area (Å²) in [4.78, 5) is 16.7. The first-order valence-electron chi connectivity index (χ1n) is 7.47. The van der Waals surface area contributed by atoms with Gasteiger partial charge in [-0.05, 0) is 36.6 Å². The Morgan fingerprint density at radius 1 is 1.22 bits per heavy atom. The second kappa shape index (κ2) is 6.87. The molecule has 0 spiro atoms. The summed E-state index contributed by atoms with van der Waals surface area (Å²) in [7, 11) is 0.